The standard InChI is InChI=1S/C11H15NO3/c1-3-8(11(14)15)10(13)9-6-12-5-4-7(9)2/h4-6,8,10,13H,3H2,1-2H3,(H,14,15). The van der Waals surface area contributed by atoms with E-state index in [1.54, 1.807) is 19.2 Å². The van der Waals surface area contributed by atoms with Gasteiger partial charge < -0.3 is 10.2 Å². The highest BCUT2D eigenvalue weighted by Crippen LogP contribution is 2.26. The van der Waals surface area contributed by atoms with Crippen molar-refractivity contribution in [3.8, 4) is 0 Å². The molecule has 0 spiro atoms. The first-order valence-corrected chi connectivity index (χ1v) is 4.89. The van der Waals surface area contributed by atoms with Crippen molar-refractivity contribution in [1.82, 2.24) is 4.98 Å². The summed E-state index contributed by atoms with van der Waals surface area (Å²) in [6.45, 7) is 3.57. The van der Waals surface area contributed by atoms with Gasteiger partial charge >= 0.3 is 5.97 Å². The molecule has 0 saturated carbocycles. The number of aliphatic hydroxyl groups excluding tert-OH is 1. The van der Waals surface area contributed by atoms with Crippen LogP contribution in [0.25, 0.3) is 0 Å². The second-order valence-corrected chi connectivity index (χ2v) is 3.53. The number of rotatable bonds is 4. The van der Waals surface area contributed by atoms with Crippen molar-refractivity contribution in [3.05, 3.63) is 29.6 Å². The van der Waals surface area contributed by atoms with Crippen LogP contribution in [-0.2, 0) is 4.79 Å². The lowest BCUT2D eigenvalue weighted by Gasteiger charge is -2.18. The van der Waals surface area contributed by atoms with E-state index in [9.17, 15) is 9.90 Å². The third kappa shape index (κ3) is 2.53. The highest BCUT2D eigenvalue weighted by Gasteiger charge is 2.26. The first-order chi connectivity index (χ1) is 7.07. The maximum atomic E-state index is 10.9. The summed E-state index contributed by atoms with van der Waals surface area (Å²) in [6, 6.07) is 1.76. The SMILES string of the molecule is CCC(C(=O)O)C(O)c1cnccc1C. The monoisotopic (exact) mass is 209 g/mol. The molecule has 0 saturated heterocycles. The third-order valence-corrected chi connectivity index (χ3v) is 2.54. The van der Waals surface area contributed by atoms with E-state index in [-0.39, 0.29) is 0 Å². The molecule has 0 aliphatic heterocycles. The van der Waals surface area contributed by atoms with E-state index in [1.165, 1.54) is 6.20 Å². The average Bonchev–Trinajstić information content (AvgIpc) is 2.18. The van der Waals surface area contributed by atoms with Crippen LogP contribution in [0.3, 0.4) is 0 Å². The number of carbonyl (C=O) groups is 1. The summed E-state index contributed by atoms with van der Waals surface area (Å²) in [5, 5.41) is 18.8. The number of carboxylic acid groups (broad SMARTS) is 1. The second-order valence-electron chi connectivity index (χ2n) is 3.53. The number of hydrogen-bond donors (Lipinski definition) is 2. The molecule has 0 bridgehead atoms. The molecule has 2 N–H and O–H groups in total. The zero-order valence-corrected chi connectivity index (χ0v) is 8.84. The van der Waals surface area contributed by atoms with Gasteiger partial charge in [-0.1, -0.05) is 6.92 Å². The Balaban J connectivity index is 2.97. The molecule has 0 fully saturated rings. The molecule has 2 atom stereocenters. The molecule has 4 heteroatoms. The number of nitrogens with zero attached hydrogens (tertiary/aromatic N) is 1. The predicted molar refractivity (Wildman–Crippen MR) is 55.4 cm³/mol. The molecule has 1 aromatic heterocycles. The number of pyridine rings is 1. The van der Waals surface area contributed by atoms with Gasteiger partial charge in [0.2, 0.25) is 0 Å². The number of aliphatic carboxylic acids is 1. The number of aliphatic hydroxyl groups is 1. The van der Waals surface area contributed by atoms with Crippen molar-refractivity contribution >= 4 is 5.97 Å². The highest BCUT2D eigenvalue weighted by atomic mass is 16.4. The minimum Gasteiger partial charge on any atom is -0.481 e. The van der Waals surface area contributed by atoms with Crippen LogP contribution in [0.15, 0.2) is 18.5 Å². The summed E-state index contributed by atoms with van der Waals surface area (Å²) >= 11 is 0. The summed E-state index contributed by atoms with van der Waals surface area (Å²) in [4.78, 5) is 14.8. The summed E-state index contributed by atoms with van der Waals surface area (Å²) in [5.74, 6) is -1.75. The van der Waals surface area contributed by atoms with E-state index in [2.05, 4.69) is 4.98 Å². The lowest BCUT2D eigenvalue weighted by atomic mass is 9.92. The zero-order valence-electron chi connectivity index (χ0n) is 8.84. The van der Waals surface area contributed by atoms with Crippen molar-refractivity contribution in [3.63, 3.8) is 0 Å². The Morgan fingerprint density at radius 2 is 2.27 bits per heavy atom. The van der Waals surface area contributed by atoms with Crippen molar-refractivity contribution in [2.24, 2.45) is 5.92 Å². The Morgan fingerprint density at radius 1 is 1.60 bits per heavy atom. The van der Waals surface area contributed by atoms with Crippen LogP contribution in [0.5, 0.6) is 0 Å². The minimum absolute atomic E-state index is 0.394. The van der Waals surface area contributed by atoms with Gasteiger partial charge in [0.15, 0.2) is 0 Å². The van der Waals surface area contributed by atoms with E-state index in [1.807, 2.05) is 6.92 Å². The molecule has 0 amide bonds. The molecule has 0 aromatic carbocycles. The Labute approximate surface area is 88.6 Å². The number of aromatic nitrogens is 1. The van der Waals surface area contributed by atoms with Gasteiger partial charge in [-0.15, -0.1) is 0 Å². The van der Waals surface area contributed by atoms with Crippen molar-refractivity contribution in [2.75, 3.05) is 0 Å². The van der Waals surface area contributed by atoms with Crippen LogP contribution in [0.1, 0.15) is 30.6 Å². The molecule has 2 unspecified atom stereocenters. The maximum absolute atomic E-state index is 10.9. The molecule has 1 rings (SSSR count). The van der Waals surface area contributed by atoms with E-state index in [0.717, 1.165) is 5.56 Å². The van der Waals surface area contributed by atoms with E-state index >= 15 is 0 Å². The first kappa shape index (κ1) is 11.7. The van der Waals surface area contributed by atoms with Gasteiger partial charge in [-0.05, 0) is 25.0 Å². The van der Waals surface area contributed by atoms with Crippen molar-refractivity contribution < 1.29 is 15.0 Å². The fraction of sp³-hybridized carbons (Fsp3) is 0.455. The smallest absolute Gasteiger partial charge is 0.309 e. The summed E-state index contributed by atoms with van der Waals surface area (Å²) in [7, 11) is 0. The number of aryl methyl sites for hydroxylation is 1. The lowest BCUT2D eigenvalue weighted by molar-refractivity contribution is -0.146. The van der Waals surface area contributed by atoms with Crippen molar-refractivity contribution in [2.45, 2.75) is 26.4 Å². The molecular formula is C11H15NO3. The van der Waals surface area contributed by atoms with Crippen LogP contribution in [0, 0.1) is 12.8 Å². The Kier molecular flexibility index (Phi) is 3.80. The lowest BCUT2D eigenvalue weighted by Crippen LogP contribution is -2.21. The van der Waals surface area contributed by atoms with E-state index in [4.69, 9.17) is 5.11 Å². The van der Waals surface area contributed by atoms with Crippen LogP contribution >= 0.6 is 0 Å². The van der Waals surface area contributed by atoms with Gasteiger partial charge in [-0.2, -0.15) is 0 Å². The number of carboxylic acids is 1. The van der Waals surface area contributed by atoms with Gasteiger partial charge in [0.1, 0.15) is 0 Å². The maximum Gasteiger partial charge on any atom is 0.309 e. The fourth-order valence-electron chi connectivity index (χ4n) is 1.54. The van der Waals surface area contributed by atoms with E-state index in [0.29, 0.717) is 12.0 Å². The van der Waals surface area contributed by atoms with Gasteiger partial charge in [0.05, 0.1) is 12.0 Å². The largest absolute Gasteiger partial charge is 0.481 e. The topological polar surface area (TPSA) is 70.4 Å². The van der Waals surface area contributed by atoms with E-state index < -0.39 is 18.0 Å². The highest BCUT2D eigenvalue weighted by molar-refractivity contribution is 5.71. The fourth-order valence-corrected chi connectivity index (χ4v) is 1.54. The number of hydrogen-bond acceptors (Lipinski definition) is 3. The van der Waals surface area contributed by atoms with Crippen LogP contribution in [0.2, 0.25) is 0 Å². The predicted octanol–water partition coefficient (Wildman–Crippen LogP) is 1.53. The average molecular weight is 209 g/mol. The molecule has 0 aliphatic carbocycles. The molecular weight excluding hydrogens is 194 g/mol. The van der Waals surface area contributed by atoms with Crippen LogP contribution in [-0.4, -0.2) is 21.2 Å². The molecule has 82 valence electrons. The molecule has 4 nitrogen and oxygen atoms in total. The molecule has 0 radical (unpaired) electrons. The van der Waals surface area contributed by atoms with Crippen LogP contribution in [0.4, 0.5) is 0 Å². The summed E-state index contributed by atoms with van der Waals surface area (Å²) in [6.07, 6.45) is 2.55. The first-order valence-electron chi connectivity index (χ1n) is 4.89. The summed E-state index contributed by atoms with van der Waals surface area (Å²) < 4.78 is 0. The second kappa shape index (κ2) is 4.89. The molecule has 0 aliphatic rings. The van der Waals surface area contributed by atoms with Crippen LogP contribution < -0.4 is 0 Å². The van der Waals surface area contributed by atoms with Gasteiger partial charge in [-0.25, -0.2) is 0 Å². The molecule has 1 aromatic rings. The molecule has 15 heavy (non-hydrogen) atoms. The minimum atomic E-state index is -0.985. The van der Waals surface area contributed by atoms with Gasteiger partial charge in [-0.3, -0.25) is 9.78 Å². The quantitative estimate of drug-likeness (QED) is 0.789. The third-order valence-electron chi connectivity index (χ3n) is 2.54. The van der Waals surface area contributed by atoms with Gasteiger partial charge in [0.25, 0.3) is 0 Å². The Hall–Kier alpha value is -1.42. The molecule has 1 heterocycles. The Morgan fingerprint density at radius 3 is 2.73 bits per heavy atom. The zero-order chi connectivity index (χ0) is 11.4. The van der Waals surface area contributed by atoms with Crippen molar-refractivity contribution in [1.29, 1.82) is 0 Å². The Bertz CT molecular complexity index is 351. The van der Waals surface area contributed by atoms with Gasteiger partial charge in [0, 0.05) is 18.0 Å². The summed E-state index contributed by atoms with van der Waals surface area (Å²) in [5.41, 5.74) is 1.45. The normalized spacial score (nSPS) is 14.6.